The van der Waals surface area contributed by atoms with E-state index in [0.29, 0.717) is 13.1 Å². The summed E-state index contributed by atoms with van der Waals surface area (Å²) in [7, 11) is 0. The van der Waals surface area contributed by atoms with Crippen LogP contribution >= 0.6 is 0 Å². The van der Waals surface area contributed by atoms with E-state index in [-0.39, 0.29) is 17.8 Å². The standard InChI is InChI=1S/C13H17F2N3O/c14-9-4-5-12(11(15)7-9)17-13(19)18-6-2-1-3-10(18)8-16/h4-5,7,10H,1-3,6,8,16H2,(H,17,19). The van der Waals surface area contributed by atoms with E-state index < -0.39 is 11.6 Å². The molecule has 4 nitrogen and oxygen atoms in total. The topological polar surface area (TPSA) is 58.4 Å². The number of nitrogens with one attached hydrogen (secondary N) is 1. The van der Waals surface area contributed by atoms with Crippen molar-refractivity contribution < 1.29 is 13.6 Å². The molecule has 0 aromatic heterocycles. The third kappa shape index (κ3) is 3.20. The van der Waals surface area contributed by atoms with E-state index in [1.165, 1.54) is 6.07 Å². The highest BCUT2D eigenvalue weighted by Crippen LogP contribution is 2.19. The molecule has 1 aromatic rings. The van der Waals surface area contributed by atoms with Gasteiger partial charge in [-0.3, -0.25) is 0 Å². The molecule has 1 aliphatic rings. The Bertz CT molecular complexity index is 467. The Morgan fingerprint density at radius 3 is 2.89 bits per heavy atom. The summed E-state index contributed by atoms with van der Waals surface area (Å²) in [5.41, 5.74) is 5.61. The van der Waals surface area contributed by atoms with E-state index in [9.17, 15) is 13.6 Å². The van der Waals surface area contributed by atoms with Gasteiger partial charge >= 0.3 is 6.03 Å². The molecule has 1 heterocycles. The van der Waals surface area contributed by atoms with Crippen molar-refractivity contribution in [1.29, 1.82) is 0 Å². The molecule has 1 aromatic carbocycles. The van der Waals surface area contributed by atoms with Crippen LogP contribution in [-0.2, 0) is 0 Å². The molecule has 1 atom stereocenters. The fraction of sp³-hybridized carbons (Fsp3) is 0.462. The highest BCUT2D eigenvalue weighted by Gasteiger charge is 2.26. The Labute approximate surface area is 110 Å². The summed E-state index contributed by atoms with van der Waals surface area (Å²) in [5.74, 6) is -1.46. The van der Waals surface area contributed by atoms with Gasteiger partial charge in [0, 0.05) is 25.2 Å². The van der Waals surface area contributed by atoms with Crippen molar-refractivity contribution in [2.45, 2.75) is 25.3 Å². The number of urea groups is 1. The van der Waals surface area contributed by atoms with Crippen LogP contribution in [-0.4, -0.2) is 30.1 Å². The first-order valence-corrected chi connectivity index (χ1v) is 6.34. The average Bonchev–Trinajstić information content (AvgIpc) is 2.41. The van der Waals surface area contributed by atoms with Gasteiger partial charge in [-0.1, -0.05) is 0 Å². The van der Waals surface area contributed by atoms with Crippen LogP contribution in [0.1, 0.15) is 19.3 Å². The van der Waals surface area contributed by atoms with Crippen LogP contribution in [0.3, 0.4) is 0 Å². The van der Waals surface area contributed by atoms with E-state index in [1.54, 1.807) is 4.90 Å². The number of rotatable bonds is 2. The monoisotopic (exact) mass is 269 g/mol. The van der Waals surface area contributed by atoms with Crippen molar-refractivity contribution >= 4 is 11.7 Å². The highest BCUT2D eigenvalue weighted by molar-refractivity contribution is 5.89. The van der Waals surface area contributed by atoms with Gasteiger partial charge in [-0.15, -0.1) is 0 Å². The molecule has 6 heteroatoms. The number of amides is 2. The maximum absolute atomic E-state index is 13.5. The zero-order chi connectivity index (χ0) is 13.8. The number of nitrogens with zero attached hydrogens (tertiary/aromatic N) is 1. The normalized spacial score (nSPS) is 19.3. The van der Waals surface area contributed by atoms with Gasteiger partial charge in [0.1, 0.15) is 11.6 Å². The number of hydrogen-bond donors (Lipinski definition) is 2. The van der Waals surface area contributed by atoms with Crippen molar-refractivity contribution in [3.8, 4) is 0 Å². The van der Waals surface area contributed by atoms with E-state index in [4.69, 9.17) is 5.73 Å². The Kier molecular flexibility index (Phi) is 4.31. The van der Waals surface area contributed by atoms with Crippen molar-refractivity contribution in [3.05, 3.63) is 29.8 Å². The fourth-order valence-electron chi connectivity index (χ4n) is 2.29. The minimum Gasteiger partial charge on any atom is -0.328 e. The first kappa shape index (κ1) is 13.7. The lowest BCUT2D eigenvalue weighted by Crippen LogP contribution is -2.49. The minimum absolute atomic E-state index is 0.0164. The van der Waals surface area contributed by atoms with E-state index >= 15 is 0 Å². The van der Waals surface area contributed by atoms with Crippen molar-refractivity contribution in [3.63, 3.8) is 0 Å². The predicted molar refractivity (Wildman–Crippen MR) is 68.8 cm³/mol. The van der Waals surface area contributed by atoms with Crippen LogP contribution in [0.5, 0.6) is 0 Å². The summed E-state index contributed by atoms with van der Waals surface area (Å²) in [6.45, 7) is 0.996. The summed E-state index contributed by atoms with van der Waals surface area (Å²) in [4.78, 5) is 13.7. The number of benzene rings is 1. The zero-order valence-electron chi connectivity index (χ0n) is 10.5. The number of hydrogen-bond acceptors (Lipinski definition) is 2. The second-order valence-corrected chi connectivity index (χ2v) is 4.63. The van der Waals surface area contributed by atoms with Gasteiger partial charge in [0.15, 0.2) is 0 Å². The molecule has 19 heavy (non-hydrogen) atoms. The van der Waals surface area contributed by atoms with E-state index in [0.717, 1.165) is 31.4 Å². The van der Waals surface area contributed by atoms with E-state index in [1.807, 2.05) is 0 Å². The Balaban J connectivity index is 2.07. The second-order valence-electron chi connectivity index (χ2n) is 4.63. The summed E-state index contributed by atoms with van der Waals surface area (Å²) < 4.78 is 26.2. The number of likely N-dealkylation sites (tertiary alicyclic amines) is 1. The number of carbonyl (C=O) groups is 1. The van der Waals surface area contributed by atoms with Crippen LogP contribution in [0.15, 0.2) is 18.2 Å². The molecule has 2 rings (SSSR count). The number of carbonyl (C=O) groups excluding carboxylic acids is 1. The molecular weight excluding hydrogens is 252 g/mol. The van der Waals surface area contributed by atoms with E-state index in [2.05, 4.69) is 5.32 Å². The molecule has 2 amide bonds. The van der Waals surface area contributed by atoms with Gasteiger partial charge in [0.2, 0.25) is 0 Å². The maximum atomic E-state index is 13.5. The van der Waals surface area contributed by atoms with Crippen molar-refractivity contribution in [2.24, 2.45) is 5.73 Å². The minimum atomic E-state index is -0.783. The first-order chi connectivity index (χ1) is 9.11. The van der Waals surface area contributed by atoms with Gasteiger partial charge in [-0.25, -0.2) is 13.6 Å². The van der Waals surface area contributed by atoms with Crippen LogP contribution in [0.4, 0.5) is 19.3 Å². The lowest BCUT2D eigenvalue weighted by molar-refractivity contribution is 0.166. The van der Waals surface area contributed by atoms with Gasteiger partial charge < -0.3 is 16.0 Å². The fourth-order valence-corrected chi connectivity index (χ4v) is 2.29. The first-order valence-electron chi connectivity index (χ1n) is 6.34. The molecule has 0 aliphatic carbocycles. The van der Waals surface area contributed by atoms with Crippen LogP contribution in [0, 0.1) is 11.6 Å². The highest BCUT2D eigenvalue weighted by atomic mass is 19.1. The van der Waals surface area contributed by atoms with Crippen LogP contribution in [0.2, 0.25) is 0 Å². The molecule has 1 fully saturated rings. The number of piperidine rings is 1. The third-order valence-corrected chi connectivity index (χ3v) is 3.33. The molecule has 0 radical (unpaired) electrons. The smallest absolute Gasteiger partial charge is 0.322 e. The Morgan fingerprint density at radius 1 is 1.42 bits per heavy atom. The van der Waals surface area contributed by atoms with Gasteiger partial charge in [-0.05, 0) is 31.4 Å². The summed E-state index contributed by atoms with van der Waals surface area (Å²) in [6, 6.07) is 2.66. The second kappa shape index (κ2) is 5.97. The third-order valence-electron chi connectivity index (χ3n) is 3.33. The Hall–Kier alpha value is -1.69. The quantitative estimate of drug-likeness (QED) is 0.865. The largest absolute Gasteiger partial charge is 0.328 e. The van der Waals surface area contributed by atoms with Crippen molar-refractivity contribution in [1.82, 2.24) is 4.90 Å². The lowest BCUT2D eigenvalue weighted by atomic mass is 10.0. The molecule has 0 saturated carbocycles. The summed E-state index contributed by atoms with van der Waals surface area (Å²) in [6.07, 6.45) is 2.81. The predicted octanol–water partition coefficient (Wildman–Crippen LogP) is 2.31. The summed E-state index contributed by atoms with van der Waals surface area (Å²) >= 11 is 0. The SMILES string of the molecule is NCC1CCCCN1C(=O)Nc1ccc(F)cc1F. The molecule has 0 spiro atoms. The van der Waals surface area contributed by atoms with Gasteiger partial charge in [0.25, 0.3) is 0 Å². The number of halogens is 2. The molecule has 104 valence electrons. The average molecular weight is 269 g/mol. The van der Waals surface area contributed by atoms with Gasteiger partial charge in [0.05, 0.1) is 5.69 Å². The van der Waals surface area contributed by atoms with Gasteiger partial charge in [-0.2, -0.15) is 0 Å². The van der Waals surface area contributed by atoms with Crippen LogP contribution in [0.25, 0.3) is 0 Å². The molecule has 1 saturated heterocycles. The maximum Gasteiger partial charge on any atom is 0.322 e. The number of nitrogens with two attached hydrogens (primary N) is 1. The van der Waals surface area contributed by atoms with Crippen LogP contribution < -0.4 is 11.1 Å². The van der Waals surface area contributed by atoms with Crippen molar-refractivity contribution in [2.75, 3.05) is 18.4 Å². The molecule has 0 bridgehead atoms. The summed E-state index contributed by atoms with van der Waals surface area (Å²) in [5, 5.41) is 2.46. The molecule has 1 unspecified atom stereocenters. The Morgan fingerprint density at radius 2 is 2.21 bits per heavy atom. The molecule has 1 aliphatic heterocycles. The zero-order valence-corrected chi connectivity index (χ0v) is 10.5. The number of anilines is 1. The lowest BCUT2D eigenvalue weighted by Gasteiger charge is -2.34. The molecule has 3 N–H and O–H groups in total. The molecular formula is C13H17F2N3O.